The third-order valence-corrected chi connectivity index (χ3v) is 4.20. The van der Waals surface area contributed by atoms with E-state index in [4.69, 9.17) is 0 Å². The van der Waals surface area contributed by atoms with Gasteiger partial charge in [-0.25, -0.2) is 14.1 Å². The fourth-order valence-electron chi connectivity index (χ4n) is 2.86. The van der Waals surface area contributed by atoms with Gasteiger partial charge in [0.15, 0.2) is 0 Å². The molecule has 0 aliphatic carbocycles. The van der Waals surface area contributed by atoms with Crippen LogP contribution in [-0.2, 0) is 6.54 Å². The van der Waals surface area contributed by atoms with Crippen molar-refractivity contribution in [3.05, 3.63) is 59.9 Å². The molecule has 0 radical (unpaired) electrons. The molecule has 0 spiro atoms. The van der Waals surface area contributed by atoms with Crippen molar-refractivity contribution in [3.8, 4) is 28.6 Å². The van der Waals surface area contributed by atoms with E-state index in [2.05, 4.69) is 15.1 Å². The molecule has 1 aliphatic rings. The molecule has 1 aromatic carbocycles. The van der Waals surface area contributed by atoms with Crippen LogP contribution in [0, 0.1) is 17.1 Å². The van der Waals surface area contributed by atoms with E-state index in [9.17, 15) is 22.8 Å². The number of hydrogen-bond acceptors (Lipinski definition) is 5. The summed E-state index contributed by atoms with van der Waals surface area (Å²) in [5.74, 6) is -0.486. The number of aromatic nitrogens is 3. The van der Waals surface area contributed by atoms with Crippen molar-refractivity contribution in [2.75, 3.05) is 0 Å². The predicted molar refractivity (Wildman–Crippen MR) is 91.1 cm³/mol. The molecule has 10 heteroatoms. The normalized spacial score (nSPS) is 13.3. The molecular weight excluding hydrogens is 376 g/mol. The van der Waals surface area contributed by atoms with E-state index in [1.54, 1.807) is 6.07 Å². The Hall–Kier alpha value is -3.74. The minimum Gasteiger partial charge on any atom is -0.265 e. The summed E-state index contributed by atoms with van der Waals surface area (Å²) in [5, 5.41) is 13.0. The molecule has 0 bridgehead atoms. The zero-order chi connectivity index (χ0) is 19.9. The Kier molecular flexibility index (Phi) is 4.07. The van der Waals surface area contributed by atoms with Crippen molar-refractivity contribution in [2.45, 2.75) is 12.8 Å². The van der Waals surface area contributed by atoms with Crippen LogP contribution in [0.5, 0.6) is 0 Å². The van der Waals surface area contributed by atoms with Crippen molar-refractivity contribution in [2.24, 2.45) is 5.10 Å². The van der Waals surface area contributed by atoms with Crippen LogP contribution in [0.2, 0.25) is 0 Å². The maximum absolute atomic E-state index is 14.4. The molecule has 0 atom stereocenters. The minimum absolute atomic E-state index is 0.0938. The van der Waals surface area contributed by atoms with E-state index >= 15 is 0 Å². The average Bonchev–Trinajstić information content (AvgIpc) is 3.11. The lowest BCUT2D eigenvalue weighted by Gasteiger charge is -2.25. The molecule has 28 heavy (non-hydrogen) atoms. The fourth-order valence-corrected chi connectivity index (χ4v) is 2.86. The molecule has 3 aromatic rings. The van der Waals surface area contributed by atoms with E-state index in [1.165, 1.54) is 41.3 Å². The number of halogens is 4. The largest absolute Gasteiger partial charge is 0.486 e. The summed E-state index contributed by atoms with van der Waals surface area (Å²) in [7, 11) is 0. The highest BCUT2D eigenvalue weighted by atomic mass is 19.4. The fraction of sp³-hybridized carbons (Fsp3) is 0.111. The van der Waals surface area contributed by atoms with Gasteiger partial charge < -0.3 is 0 Å². The van der Waals surface area contributed by atoms with Gasteiger partial charge >= 0.3 is 6.30 Å². The second-order valence-corrected chi connectivity index (χ2v) is 5.90. The molecule has 0 N–H and O–H groups in total. The van der Waals surface area contributed by atoms with E-state index in [1.807, 2.05) is 6.07 Å². The van der Waals surface area contributed by atoms with Gasteiger partial charge in [0.2, 0.25) is 0 Å². The summed E-state index contributed by atoms with van der Waals surface area (Å²) in [5.41, 5.74) is 1.34. The number of fused-ring (bicyclic) bond motifs is 1. The predicted octanol–water partition coefficient (Wildman–Crippen LogP) is 3.75. The SMILES string of the molecule is N#Cc1cccnc1-c1cc(-c2cnc3n2N=CN(C(F)(F)F)C3)ccc1F. The second-order valence-electron chi connectivity index (χ2n) is 5.90. The second kappa shape index (κ2) is 6.45. The van der Waals surface area contributed by atoms with Crippen LogP contribution in [-0.4, -0.2) is 32.2 Å². The van der Waals surface area contributed by atoms with Gasteiger partial charge in [-0.05, 0) is 30.3 Å². The Morgan fingerprint density at radius 3 is 2.71 bits per heavy atom. The summed E-state index contributed by atoms with van der Waals surface area (Å²) >= 11 is 0. The van der Waals surface area contributed by atoms with E-state index in [0.29, 0.717) is 17.6 Å². The molecule has 0 saturated heterocycles. The Morgan fingerprint density at radius 1 is 1.14 bits per heavy atom. The van der Waals surface area contributed by atoms with Gasteiger partial charge in [-0.1, -0.05) is 0 Å². The van der Waals surface area contributed by atoms with E-state index < -0.39 is 18.7 Å². The van der Waals surface area contributed by atoms with Crippen molar-refractivity contribution < 1.29 is 17.6 Å². The lowest BCUT2D eigenvalue weighted by molar-refractivity contribution is -0.220. The van der Waals surface area contributed by atoms with Gasteiger partial charge in [0.05, 0.1) is 29.7 Å². The van der Waals surface area contributed by atoms with E-state index in [-0.39, 0.29) is 27.5 Å². The van der Waals surface area contributed by atoms with Gasteiger partial charge in [0.25, 0.3) is 0 Å². The Morgan fingerprint density at radius 2 is 1.96 bits per heavy atom. The maximum Gasteiger partial charge on any atom is 0.486 e. The van der Waals surface area contributed by atoms with Crippen molar-refractivity contribution in [1.82, 2.24) is 19.5 Å². The van der Waals surface area contributed by atoms with Gasteiger partial charge in [-0.2, -0.15) is 23.5 Å². The lowest BCUT2D eigenvalue weighted by atomic mass is 10.0. The number of benzene rings is 1. The molecule has 0 fully saturated rings. The minimum atomic E-state index is -4.56. The molecule has 2 aromatic heterocycles. The number of imidazole rings is 1. The van der Waals surface area contributed by atoms with Crippen LogP contribution >= 0.6 is 0 Å². The first kappa shape index (κ1) is 17.7. The number of alkyl halides is 3. The molecule has 0 unspecified atom stereocenters. The van der Waals surface area contributed by atoms with Crippen LogP contribution in [0.15, 0.2) is 47.8 Å². The van der Waals surface area contributed by atoms with Crippen LogP contribution in [0.4, 0.5) is 17.6 Å². The molecule has 4 rings (SSSR count). The molecular formula is C18H10F4N6. The summed E-state index contributed by atoms with van der Waals surface area (Å²) in [6, 6.07) is 9.18. The first-order valence-electron chi connectivity index (χ1n) is 7.98. The van der Waals surface area contributed by atoms with Gasteiger partial charge in [-0.15, -0.1) is 0 Å². The average molecular weight is 386 g/mol. The summed E-state index contributed by atoms with van der Waals surface area (Å²) < 4.78 is 54.2. The van der Waals surface area contributed by atoms with Crippen LogP contribution < -0.4 is 0 Å². The van der Waals surface area contributed by atoms with Crippen LogP contribution in [0.3, 0.4) is 0 Å². The highest BCUT2D eigenvalue weighted by Gasteiger charge is 2.38. The Labute approximate surface area is 156 Å². The lowest BCUT2D eigenvalue weighted by Crippen LogP contribution is -2.39. The first-order chi connectivity index (χ1) is 13.4. The Bertz CT molecular complexity index is 1130. The van der Waals surface area contributed by atoms with Crippen LogP contribution in [0.1, 0.15) is 11.4 Å². The third kappa shape index (κ3) is 2.96. The monoisotopic (exact) mass is 386 g/mol. The van der Waals surface area contributed by atoms with Crippen molar-refractivity contribution >= 4 is 6.34 Å². The summed E-state index contributed by atoms with van der Waals surface area (Å²) in [6.07, 6.45) is -1.07. The van der Waals surface area contributed by atoms with Gasteiger partial charge in [0.1, 0.15) is 24.0 Å². The summed E-state index contributed by atoms with van der Waals surface area (Å²) in [4.78, 5) is 8.20. The van der Waals surface area contributed by atoms with Crippen molar-refractivity contribution in [3.63, 3.8) is 0 Å². The highest BCUT2D eigenvalue weighted by molar-refractivity contribution is 5.73. The number of pyridine rings is 1. The number of nitriles is 1. The van der Waals surface area contributed by atoms with E-state index in [0.717, 1.165) is 0 Å². The van der Waals surface area contributed by atoms with Gasteiger partial charge in [0, 0.05) is 17.3 Å². The highest BCUT2D eigenvalue weighted by Crippen LogP contribution is 2.32. The molecule has 0 saturated carbocycles. The Balaban J connectivity index is 1.78. The molecule has 3 heterocycles. The molecule has 140 valence electrons. The standard InChI is InChI=1S/C18H10F4N6/c19-14-4-3-11(6-13(14)17-12(7-23)2-1-5-24-17)15-8-25-16-9-27(18(20,21)22)10-26-28(15)16/h1-6,8,10H,9H2. The third-order valence-electron chi connectivity index (χ3n) is 4.20. The van der Waals surface area contributed by atoms with Gasteiger partial charge in [-0.3, -0.25) is 9.88 Å². The molecule has 6 nitrogen and oxygen atoms in total. The molecule has 1 aliphatic heterocycles. The van der Waals surface area contributed by atoms with Crippen LogP contribution in [0.25, 0.3) is 22.5 Å². The number of hydrogen-bond donors (Lipinski definition) is 0. The topological polar surface area (TPSA) is 70.1 Å². The quantitative estimate of drug-likeness (QED) is 0.497. The maximum atomic E-state index is 14.4. The zero-order valence-corrected chi connectivity index (χ0v) is 14.0. The number of rotatable bonds is 2. The smallest absolute Gasteiger partial charge is 0.265 e. The zero-order valence-electron chi connectivity index (χ0n) is 14.0. The molecule has 0 amide bonds. The van der Waals surface area contributed by atoms with Crippen molar-refractivity contribution in [1.29, 1.82) is 5.26 Å². The first-order valence-corrected chi connectivity index (χ1v) is 7.98. The summed E-state index contributed by atoms with van der Waals surface area (Å²) in [6.45, 7) is -0.486. The number of nitrogens with zero attached hydrogens (tertiary/aromatic N) is 6.